The third-order valence-corrected chi connectivity index (χ3v) is 4.46. The fourth-order valence-electron chi connectivity index (χ4n) is 2.81. The maximum Gasteiger partial charge on any atom is 0.256 e. The van der Waals surface area contributed by atoms with Crippen LogP contribution in [0, 0.1) is 13.8 Å². The molecule has 1 amide bonds. The number of carbonyl (C=O) groups is 1. The largest absolute Gasteiger partial charge is 0.331 e. The Morgan fingerprint density at radius 2 is 1.81 bits per heavy atom. The van der Waals surface area contributed by atoms with Crippen LogP contribution < -0.4 is 5.32 Å². The Morgan fingerprint density at radius 1 is 1.04 bits per heavy atom. The lowest BCUT2D eigenvalue weighted by atomic mass is 10.1. The number of nitrogens with one attached hydrogen (secondary N) is 1. The van der Waals surface area contributed by atoms with E-state index in [1.807, 2.05) is 36.7 Å². The lowest BCUT2D eigenvalue weighted by molar-refractivity contribution is 0.102. The Balaban J connectivity index is 1.71. The molecule has 27 heavy (non-hydrogen) atoms. The zero-order valence-corrected chi connectivity index (χ0v) is 15.2. The van der Waals surface area contributed by atoms with Gasteiger partial charge in [0.1, 0.15) is 11.6 Å². The first-order chi connectivity index (χ1) is 14.7. The monoisotopic (exact) mass is 360 g/mol. The molecule has 0 saturated heterocycles. The predicted octanol–water partition coefficient (Wildman–Crippen LogP) is 4.50. The summed E-state index contributed by atoms with van der Waals surface area (Å²) in [6, 6.07) is 6.41. The van der Waals surface area contributed by atoms with Gasteiger partial charge < -0.3 is 9.88 Å². The van der Waals surface area contributed by atoms with Gasteiger partial charge in [-0.25, -0.2) is 9.97 Å². The number of anilines is 1. The van der Waals surface area contributed by atoms with Gasteiger partial charge in [-0.15, -0.1) is 0 Å². The van der Waals surface area contributed by atoms with Crippen molar-refractivity contribution in [2.75, 3.05) is 5.32 Å². The first-order valence-corrected chi connectivity index (χ1v) is 8.45. The van der Waals surface area contributed by atoms with E-state index in [0.717, 1.165) is 27.9 Å². The summed E-state index contributed by atoms with van der Waals surface area (Å²) in [5.74, 6) is 0.423. The van der Waals surface area contributed by atoms with Crippen LogP contribution in [0.3, 0.4) is 0 Å². The van der Waals surface area contributed by atoms with Gasteiger partial charge in [-0.1, -0.05) is 29.8 Å². The number of imidazole rings is 1. The Hall–Kier alpha value is -3.47. The fraction of sp³-hybridized carbons (Fsp3) is 0.136. The van der Waals surface area contributed by atoms with Gasteiger partial charge in [0.2, 0.25) is 0 Å². The van der Waals surface area contributed by atoms with Crippen LogP contribution in [0.25, 0.3) is 22.0 Å². The van der Waals surface area contributed by atoms with Crippen LogP contribution in [-0.4, -0.2) is 20.4 Å². The molecule has 0 atom stereocenters. The number of benzene rings is 2. The first kappa shape index (κ1) is 12.8. The highest BCUT2D eigenvalue weighted by Gasteiger charge is 2.09. The molecule has 0 fully saturated rings. The molecule has 2 aromatic heterocycles. The summed E-state index contributed by atoms with van der Waals surface area (Å²) >= 11 is 0. The SMILES string of the molecule is [2H]c1c([2H])c(C(=O)Nc2cc3cc(-c4cnc(C)n4C)ccc3cn2)c([2H])c([2H])c1C. The lowest BCUT2D eigenvalue weighted by Crippen LogP contribution is -2.12. The quantitative estimate of drug-likeness (QED) is 0.585. The fourth-order valence-corrected chi connectivity index (χ4v) is 2.81. The molecule has 5 nitrogen and oxygen atoms in total. The molecule has 0 spiro atoms. The number of rotatable bonds is 3. The molecular formula is C22H20N4O. The zero-order valence-electron chi connectivity index (χ0n) is 19.2. The van der Waals surface area contributed by atoms with E-state index in [0.29, 0.717) is 0 Å². The summed E-state index contributed by atoms with van der Waals surface area (Å²) in [4.78, 5) is 21.4. The van der Waals surface area contributed by atoms with E-state index in [9.17, 15) is 4.79 Å². The molecule has 1 N–H and O–H groups in total. The van der Waals surface area contributed by atoms with Gasteiger partial charge in [0, 0.05) is 29.8 Å². The molecule has 0 aliphatic rings. The van der Waals surface area contributed by atoms with Crippen LogP contribution in [0.4, 0.5) is 5.82 Å². The van der Waals surface area contributed by atoms with Crippen molar-refractivity contribution in [1.82, 2.24) is 14.5 Å². The minimum Gasteiger partial charge on any atom is -0.331 e. The smallest absolute Gasteiger partial charge is 0.256 e. The summed E-state index contributed by atoms with van der Waals surface area (Å²) in [7, 11) is 1.94. The Labute approximate surface area is 163 Å². The predicted molar refractivity (Wildman–Crippen MR) is 108 cm³/mol. The summed E-state index contributed by atoms with van der Waals surface area (Å²) in [6.07, 6.45) is 3.44. The van der Waals surface area contributed by atoms with Crippen LogP contribution in [0.5, 0.6) is 0 Å². The number of fused-ring (bicyclic) bond motifs is 1. The number of nitrogens with zero attached hydrogens (tertiary/aromatic N) is 3. The van der Waals surface area contributed by atoms with Crippen LogP contribution in [0.2, 0.25) is 0 Å². The number of hydrogen-bond acceptors (Lipinski definition) is 3. The maximum absolute atomic E-state index is 12.8. The zero-order chi connectivity index (χ0) is 22.4. The van der Waals surface area contributed by atoms with Crippen LogP contribution in [-0.2, 0) is 7.05 Å². The average molecular weight is 360 g/mol. The highest BCUT2D eigenvalue weighted by Crippen LogP contribution is 2.26. The minimum absolute atomic E-state index is 0.202. The second-order valence-electron chi connectivity index (χ2n) is 6.34. The van der Waals surface area contributed by atoms with Crippen molar-refractivity contribution in [3.8, 4) is 11.3 Å². The van der Waals surface area contributed by atoms with Crippen molar-refractivity contribution >= 4 is 22.5 Å². The van der Waals surface area contributed by atoms with Crippen molar-refractivity contribution in [1.29, 1.82) is 0 Å². The third-order valence-electron chi connectivity index (χ3n) is 4.46. The minimum atomic E-state index is -0.734. The average Bonchev–Trinajstić information content (AvgIpc) is 3.09. The van der Waals surface area contributed by atoms with E-state index in [1.165, 1.54) is 6.92 Å². The molecule has 0 bridgehead atoms. The molecule has 134 valence electrons. The molecule has 0 aliphatic carbocycles. The van der Waals surface area contributed by atoms with Crippen molar-refractivity contribution < 1.29 is 10.3 Å². The first-order valence-electron chi connectivity index (χ1n) is 10.5. The van der Waals surface area contributed by atoms with Gasteiger partial charge in [-0.3, -0.25) is 4.79 Å². The molecule has 0 unspecified atom stereocenters. The Bertz CT molecular complexity index is 1330. The van der Waals surface area contributed by atoms with Crippen molar-refractivity contribution in [3.05, 3.63) is 77.8 Å². The van der Waals surface area contributed by atoms with E-state index in [1.54, 1.807) is 18.5 Å². The van der Waals surface area contributed by atoms with E-state index in [2.05, 4.69) is 15.3 Å². The number of carbonyl (C=O) groups excluding carboxylic acids is 1. The summed E-state index contributed by atoms with van der Waals surface area (Å²) in [6.45, 7) is 3.42. The van der Waals surface area contributed by atoms with Crippen LogP contribution in [0.15, 0.2) is 60.8 Å². The van der Waals surface area contributed by atoms with E-state index in [4.69, 9.17) is 5.48 Å². The number of pyridine rings is 1. The maximum atomic E-state index is 12.8. The Kier molecular flexibility index (Phi) is 3.17. The number of amides is 1. The Morgan fingerprint density at radius 3 is 2.52 bits per heavy atom. The normalized spacial score (nSPS) is 13.0. The van der Waals surface area contributed by atoms with Gasteiger partial charge in [-0.2, -0.15) is 0 Å². The van der Waals surface area contributed by atoms with E-state index in [-0.39, 0.29) is 41.1 Å². The molecule has 5 heteroatoms. The topological polar surface area (TPSA) is 59.8 Å². The van der Waals surface area contributed by atoms with Gasteiger partial charge in [0.25, 0.3) is 5.91 Å². The van der Waals surface area contributed by atoms with E-state index < -0.39 is 5.91 Å². The second kappa shape index (κ2) is 6.68. The highest BCUT2D eigenvalue weighted by molar-refractivity contribution is 6.04. The highest BCUT2D eigenvalue weighted by atomic mass is 16.1. The van der Waals surface area contributed by atoms with Gasteiger partial charge in [0.15, 0.2) is 0 Å². The van der Waals surface area contributed by atoms with Crippen molar-refractivity contribution in [2.24, 2.45) is 7.05 Å². The van der Waals surface area contributed by atoms with Crippen molar-refractivity contribution in [2.45, 2.75) is 13.8 Å². The number of aromatic nitrogens is 3. The molecule has 4 rings (SSSR count). The molecule has 0 saturated carbocycles. The number of hydrogen-bond donors (Lipinski definition) is 1. The van der Waals surface area contributed by atoms with Crippen molar-refractivity contribution in [3.63, 3.8) is 0 Å². The van der Waals surface area contributed by atoms with Gasteiger partial charge in [-0.05, 0) is 43.5 Å². The lowest BCUT2D eigenvalue weighted by Gasteiger charge is -2.08. The van der Waals surface area contributed by atoms with Gasteiger partial charge in [0.05, 0.1) is 17.4 Å². The van der Waals surface area contributed by atoms with E-state index >= 15 is 0 Å². The standard InChI is InChI=1S/C22H20N4O/c1-14-4-6-16(7-5-14)22(27)25-21-11-19-10-17(8-9-18(19)12-24-21)20-13-23-15(2)26(20)3/h4-13H,1-3H3,(H,24,25,27)/i4D,5D,6D,7D. The molecular weight excluding hydrogens is 336 g/mol. The van der Waals surface area contributed by atoms with Crippen LogP contribution >= 0.6 is 0 Å². The van der Waals surface area contributed by atoms with Crippen LogP contribution in [0.1, 0.15) is 27.2 Å². The molecule has 4 aromatic rings. The molecule has 0 aliphatic heterocycles. The summed E-state index contributed by atoms with van der Waals surface area (Å²) < 4.78 is 34.0. The molecule has 0 radical (unpaired) electrons. The molecule has 2 heterocycles. The summed E-state index contributed by atoms with van der Waals surface area (Å²) in [5, 5.41) is 4.35. The van der Waals surface area contributed by atoms with Gasteiger partial charge >= 0.3 is 0 Å². The molecule has 2 aromatic carbocycles. The number of aryl methyl sites for hydroxylation is 1. The summed E-state index contributed by atoms with van der Waals surface area (Å²) in [5.41, 5.74) is 1.83. The third kappa shape index (κ3) is 3.31. The second-order valence-corrected chi connectivity index (χ2v) is 6.34.